The maximum Gasteiger partial charge on any atom is -0.00108 e. The maximum atomic E-state index is 2.77. The first-order valence-electron chi connectivity index (χ1n) is 26.9. The Morgan fingerprint density at radius 2 is 0.350 bits per heavy atom. The van der Waals surface area contributed by atoms with Gasteiger partial charge in [-0.3, -0.25) is 0 Å². The number of hydrogen-bond donors (Lipinski definition) is 0. The molecule has 0 radical (unpaired) electrons. The number of rotatable bonds is 35. The summed E-state index contributed by atoms with van der Waals surface area (Å²) in [5.74, 6) is 0. The molecule has 330 valence electrons. The zero-order chi connectivity index (χ0) is 41.9. The lowest BCUT2D eigenvalue weighted by Gasteiger charge is -2.17. The van der Waals surface area contributed by atoms with Gasteiger partial charge in [-0.05, 0) is 146 Å². The fourth-order valence-corrected chi connectivity index (χ4v) is 11.4. The average molecular weight is 811 g/mol. The highest BCUT2D eigenvalue weighted by molar-refractivity contribution is 6.45. The SMILES string of the molecule is CCCCCCCCc1cc2c(CCCCCCCC)cc3c(CCCCCCCC)cc4c(CCCCCCCC)cc5c(CCCCCCCC)cc1c1c5c4c3c21. The van der Waals surface area contributed by atoms with Gasteiger partial charge in [0.05, 0.1) is 0 Å². The Morgan fingerprint density at radius 1 is 0.200 bits per heavy atom. The number of hydrogen-bond acceptors (Lipinski definition) is 0. The van der Waals surface area contributed by atoms with Gasteiger partial charge in [-0.2, -0.15) is 0 Å². The highest BCUT2D eigenvalue weighted by Gasteiger charge is 2.27. The summed E-state index contributed by atoms with van der Waals surface area (Å²) in [6, 6.07) is 13.8. The molecule has 0 heteroatoms. The monoisotopic (exact) mass is 811 g/mol. The average Bonchev–Trinajstić information content (AvgIpc) is 3.62. The summed E-state index contributed by atoms with van der Waals surface area (Å²) in [5.41, 5.74) is 8.30. The van der Waals surface area contributed by atoms with Crippen LogP contribution in [0.2, 0.25) is 0 Å². The minimum atomic E-state index is 1.23. The topological polar surface area (TPSA) is 0 Å². The molecule has 0 bridgehead atoms. The van der Waals surface area contributed by atoms with Gasteiger partial charge in [0.2, 0.25) is 0 Å². The van der Waals surface area contributed by atoms with Crippen molar-refractivity contribution >= 4 is 53.9 Å². The van der Waals surface area contributed by atoms with Crippen LogP contribution >= 0.6 is 0 Å². The van der Waals surface area contributed by atoms with E-state index in [0.717, 1.165) is 0 Å². The predicted octanol–water partition coefficient (Wildman–Crippen LogP) is 20.3. The zero-order valence-corrected chi connectivity index (χ0v) is 40.1. The van der Waals surface area contributed by atoms with E-state index >= 15 is 0 Å². The smallest absolute Gasteiger partial charge is 0.00108 e. The van der Waals surface area contributed by atoms with E-state index in [1.807, 2.05) is 0 Å². The molecule has 0 saturated carbocycles. The molecule has 6 aromatic rings. The second kappa shape index (κ2) is 25.5. The van der Waals surface area contributed by atoms with Gasteiger partial charge in [0, 0.05) is 0 Å². The summed E-state index contributed by atoms with van der Waals surface area (Å²) in [4.78, 5) is 0. The number of unbranched alkanes of at least 4 members (excludes halogenated alkanes) is 25. The molecule has 0 N–H and O–H groups in total. The van der Waals surface area contributed by atoms with E-state index in [1.165, 1.54) is 225 Å². The molecule has 0 heterocycles. The van der Waals surface area contributed by atoms with E-state index < -0.39 is 0 Å². The van der Waals surface area contributed by atoms with Crippen LogP contribution in [0.25, 0.3) is 53.9 Å². The Morgan fingerprint density at radius 3 is 0.517 bits per heavy atom. The second-order valence-corrected chi connectivity index (χ2v) is 19.9. The standard InChI is InChI=1S/C60H90/c1-6-11-16-21-26-31-36-46-41-52-48(38-33-28-23-18-13-8-3)43-54-50(40-35-30-25-20-15-10-5)45-55-49(39-34-29-24-19-14-9-4)44-53-47(37-32-27-22-17-12-7-2)42-51(46)56-57(52)59(54)60(55)58(53)56/h41-45H,6-40H2,1-5H3. The van der Waals surface area contributed by atoms with Crippen LogP contribution in [0.4, 0.5) is 0 Å². The van der Waals surface area contributed by atoms with E-state index in [2.05, 4.69) is 65.0 Å². The number of benzene rings is 5. The predicted molar refractivity (Wildman–Crippen MR) is 273 cm³/mol. The van der Waals surface area contributed by atoms with Gasteiger partial charge in [0.15, 0.2) is 0 Å². The minimum absolute atomic E-state index is 1.23. The summed E-state index contributed by atoms with van der Waals surface area (Å²) < 4.78 is 0. The summed E-state index contributed by atoms with van der Waals surface area (Å²) >= 11 is 0. The van der Waals surface area contributed by atoms with Crippen LogP contribution in [0.3, 0.4) is 0 Å². The van der Waals surface area contributed by atoms with Crippen molar-refractivity contribution < 1.29 is 0 Å². The van der Waals surface area contributed by atoms with E-state index in [-0.39, 0.29) is 0 Å². The molecule has 0 amide bonds. The largest absolute Gasteiger partial charge is 0.0654 e. The van der Waals surface area contributed by atoms with Gasteiger partial charge in [-0.25, -0.2) is 0 Å². The van der Waals surface area contributed by atoms with Crippen molar-refractivity contribution in [2.45, 2.75) is 259 Å². The first-order chi connectivity index (χ1) is 29.7. The molecule has 0 unspecified atom stereocenters. The van der Waals surface area contributed by atoms with Crippen molar-refractivity contribution in [3.05, 3.63) is 58.1 Å². The fraction of sp³-hybridized carbons (Fsp3) is 0.667. The molecule has 0 atom stereocenters. The van der Waals surface area contributed by atoms with Gasteiger partial charge in [-0.15, -0.1) is 0 Å². The molecule has 0 aliphatic carbocycles. The Kier molecular flexibility index (Phi) is 19.9. The third-order valence-corrected chi connectivity index (χ3v) is 14.9. The molecule has 0 fully saturated rings. The van der Waals surface area contributed by atoms with Crippen LogP contribution in [0, 0.1) is 0 Å². The molecule has 0 saturated heterocycles. The highest BCUT2D eigenvalue weighted by Crippen LogP contribution is 2.53. The molecule has 60 heavy (non-hydrogen) atoms. The van der Waals surface area contributed by atoms with Crippen molar-refractivity contribution in [1.82, 2.24) is 0 Å². The van der Waals surface area contributed by atoms with Gasteiger partial charge in [0.1, 0.15) is 0 Å². The highest BCUT2D eigenvalue weighted by atomic mass is 14.3. The van der Waals surface area contributed by atoms with E-state index in [0.29, 0.717) is 0 Å². The summed E-state index contributed by atoms with van der Waals surface area (Å²) in [6.07, 6.45) is 47.2. The first-order valence-corrected chi connectivity index (χ1v) is 26.9. The van der Waals surface area contributed by atoms with Gasteiger partial charge >= 0.3 is 0 Å². The van der Waals surface area contributed by atoms with Crippen LogP contribution in [0.15, 0.2) is 30.3 Å². The fourth-order valence-electron chi connectivity index (χ4n) is 11.4. The van der Waals surface area contributed by atoms with Crippen LogP contribution in [0.1, 0.15) is 255 Å². The summed E-state index contributed by atoms with van der Waals surface area (Å²) in [6.45, 7) is 11.7. The molecule has 0 aliphatic rings. The van der Waals surface area contributed by atoms with Crippen LogP contribution in [-0.2, 0) is 32.1 Å². The van der Waals surface area contributed by atoms with Crippen molar-refractivity contribution in [3.63, 3.8) is 0 Å². The number of aryl methyl sites for hydroxylation is 5. The minimum Gasteiger partial charge on any atom is -0.0654 e. The van der Waals surface area contributed by atoms with Gasteiger partial charge < -0.3 is 0 Å². The Bertz CT molecular complexity index is 1690. The van der Waals surface area contributed by atoms with Crippen LogP contribution in [0.5, 0.6) is 0 Å². The van der Waals surface area contributed by atoms with Crippen LogP contribution < -0.4 is 0 Å². The van der Waals surface area contributed by atoms with Crippen LogP contribution in [-0.4, -0.2) is 0 Å². The second-order valence-electron chi connectivity index (χ2n) is 19.9. The molecule has 6 rings (SSSR count). The lowest BCUT2D eigenvalue weighted by atomic mass is 9.87. The third kappa shape index (κ3) is 11.9. The van der Waals surface area contributed by atoms with Crippen molar-refractivity contribution in [3.8, 4) is 0 Å². The summed E-state index contributed by atoms with van der Waals surface area (Å²) in [7, 11) is 0. The molecule has 6 aromatic carbocycles. The zero-order valence-electron chi connectivity index (χ0n) is 40.1. The quantitative estimate of drug-likeness (QED) is 0.0277. The molecule has 0 aromatic heterocycles. The van der Waals surface area contributed by atoms with Gasteiger partial charge in [0.25, 0.3) is 0 Å². The van der Waals surface area contributed by atoms with E-state index in [9.17, 15) is 0 Å². The Hall–Kier alpha value is -2.60. The molecule has 0 nitrogen and oxygen atoms in total. The Labute approximate surface area is 369 Å². The Balaban J connectivity index is 1.51. The van der Waals surface area contributed by atoms with E-state index in [1.54, 1.807) is 81.7 Å². The van der Waals surface area contributed by atoms with Crippen molar-refractivity contribution in [2.24, 2.45) is 0 Å². The third-order valence-electron chi connectivity index (χ3n) is 14.9. The normalized spacial score (nSPS) is 12.4. The van der Waals surface area contributed by atoms with Crippen molar-refractivity contribution in [1.29, 1.82) is 0 Å². The summed E-state index contributed by atoms with van der Waals surface area (Å²) in [5, 5.41) is 16.4. The maximum absolute atomic E-state index is 2.77. The lowest BCUT2D eigenvalue weighted by molar-refractivity contribution is 0.607. The molecule has 0 spiro atoms. The molecule has 0 aliphatic heterocycles. The van der Waals surface area contributed by atoms with Crippen molar-refractivity contribution in [2.75, 3.05) is 0 Å². The van der Waals surface area contributed by atoms with E-state index in [4.69, 9.17) is 0 Å². The van der Waals surface area contributed by atoms with Gasteiger partial charge in [-0.1, -0.05) is 225 Å². The lowest BCUT2D eigenvalue weighted by Crippen LogP contribution is -1.96. The molecular formula is C60H90. The molecular weight excluding hydrogens is 721 g/mol. The first kappa shape index (κ1) is 46.9.